The lowest BCUT2D eigenvalue weighted by atomic mass is 10.3. The van der Waals surface area contributed by atoms with Crippen LogP contribution in [0.2, 0.25) is 0 Å². The maximum atomic E-state index is 11.8. The van der Waals surface area contributed by atoms with Gasteiger partial charge < -0.3 is 9.40 Å². The first-order chi connectivity index (χ1) is 9.15. The van der Waals surface area contributed by atoms with Crippen LogP contribution in [0, 0.1) is 10.1 Å². The van der Waals surface area contributed by atoms with E-state index in [1.807, 2.05) is 0 Å². The molecule has 2 heterocycles. The number of nitro groups is 1. The first-order valence-corrected chi connectivity index (χ1v) is 5.54. The molecular weight excluding hydrogens is 250 g/mol. The van der Waals surface area contributed by atoms with Gasteiger partial charge in [-0.3, -0.25) is 14.7 Å². The minimum absolute atomic E-state index is 0.0558. The van der Waals surface area contributed by atoms with Gasteiger partial charge in [0.25, 0.3) is 5.69 Å². The molecule has 0 spiro atoms. The number of fused-ring (bicyclic) bond motifs is 1. The third-order valence-electron chi connectivity index (χ3n) is 2.86. The van der Waals surface area contributed by atoms with Gasteiger partial charge in [-0.05, 0) is 18.2 Å². The number of rotatable bonds is 3. The summed E-state index contributed by atoms with van der Waals surface area (Å²) in [5, 5.41) is 10.8. The van der Waals surface area contributed by atoms with Crippen molar-refractivity contribution >= 4 is 16.7 Å². The normalized spacial score (nSPS) is 10.9. The van der Waals surface area contributed by atoms with Crippen molar-refractivity contribution < 1.29 is 9.34 Å². The standard InChI is InChI=1S/C12H9N3O4/c16-12-13-10-4-3-8(15(17)18)6-11(10)14(12)7-9-2-1-5-19-9/h1-6H,7H2,(H,13,16). The molecule has 0 saturated heterocycles. The molecule has 0 aliphatic carbocycles. The maximum Gasteiger partial charge on any atom is 0.326 e. The Hall–Kier alpha value is -2.83. The number of imidazole rings is 1. The molecule has 0 aliphatic heterocycles. The van der Waals surface area contributed by atoms with E-state index < -0.39 is 4.92 Å². The molecule has 3 rings (SSSR count). The molecule has 0 atom stereocenters. The predicted molar refractivity (Wildman–Crippen MR) is 67.0 cm³/mol. The molecule has 0 amide bonds. The summed E-state index contributed by atoms with van der Waals surface area (Å²) in [5.41, 5.74) is 0.657. The molecule has 19 heavy (non-hydrogen) atoms. The van der Waals surface area contributed by atoms with Gasteiger partial charge in [0, 0.05) is 12.1 Å². The summed E-state index contributed by atoms with van der Waals surface area (Å²) in [7, 11) is 0. The number of benzene rings is 1. The molecule has 0 fully saturated rings. The highest BCUT2D eigenvalue weighted by Crippen LogP contribution is 2.19. The van der Waals surface area contributed by atoms with Crippen LogP contribution in [0.25, 0.3) is 11.0 Å². The second kappa shape index (κ2) is 4.13. The largest absolute Gasteiger partial charge is 0.467 e. The Labute approximate surface area is 106 Å². The van der Waals surface area contributed by atoms with E-state index in [0.29, 0.717) is 16.8 Å². The molecule has 0 radical (unpaired) electrons. The lowest BCUT2D eigenvalue weighted by molar-refractivity contribution is -0.384. The summed E-state index contributed by atoms with van der Waals surface area (Å²) in [6, 6.07) is 7.71. The lowest BCUT2D eigenvalue weighted by Gasteiger charge is -2.00. The smallest absolute Gasteiger partial charge is 0.326 e. The van der Waals surface area contributed by atoms with Crippen LogP contribution in [-0.2, 0) is 6.54 Å². The van der Waals surface area contributed by atoms with Crippen molar-refractivity contribution in [2.75, 3.05) is 0 Å². The highest BCUT2D eigenvalue weighted by molar-refractivity contribution is 5.78. The van der Waals surface area contributed by atoms with E-state index in [1.54, 1.807) is 12.1 Å². The Morgan fingerprint density at radius 1 is 1.37 bits per heavy atom. The molecular formula is C12H9N3O4. The number of nitro benzene ring substituents is 1. The van der Waals surface area contributed by atoms with Gasteiger partial charge in [0.1, 0.15) is 5.76 Å². The van der Waals surface area contributed by atoms with Crippen LogP contribution in [0.1, 0.15) is 5.76 Å². The number of furan rings is 1. The number of nitrogens with zero attached hydrogens (tertiary/aromatic N) is 2. The number of hydrogen-bond acceptors (Lipinski definition) is 4. The Morgan fingerprint density at radius 3 is 2.89 bits per heavy atom. The maximum absolute atomic E-state index is 11.8. The number of aromatic nitrogens is 2. The van der Waals surface area contributed by atoms with Gasteiger partial charge in [0.2, 0.25) is 0 Å². The molecule has 0 bridgehead atoms. The Bertz CT molecular complexity index is 798. The summed E-state index contributed by atoms with van der Waals surface area (Å²) < 4.78 is 6.58. The van der Waals surface area contributed by atoms with Crippen LogP contribution in [0.5, 0.6) is 0 Å². The van der Waals surface area contributed by atoms with Crippen LogP contribution < -0.4 is 5.69 Å². The Balaban J connectivity index is 2.16. The molecule has 0 aliphatic rings. The molecule has 0 saturated carbocycles. The first-order valence-electron chi connectivity index (χ1n) is 5.54. The predicted octanol–water partition coefficient (Wildman–Crippen LogP) is 1.88. The number of hydrogen-bond donors (Lipinski definition) is 1. The van der Waals surface area contributed by atoms with Crippen molar-refractivity contribution in [3.8, 4) is 0 Å². The fraction of sp³-hybridized carbons (Fsp3) is 0.0833. The molecule has 0 unspecified atom stereocenters. The molecule has 1 N–H and O–H groups in total. The minimum atomic E-state index is -0.492. The van der Waals surface area contributed by atoms with Gasteiger partial charge in [-0.15, -0.1) is 0 Å². The summed E-state index contributed by atoms with van der Waals surface area (Å²) in [6.45, 7) is 0.229. The zero-order valence-electron chi connectivity index (χ0n) is 9.70. The van der Waals surface area contributed by atoms with Crippen molar-refractivity contribution in [1.82, 2.24) is 9.55 Å². The Morgan fingerprint density at radius 2 is 2.21 bits per heavy atom. The highest BCUT2D eigenvalue weighted by Gasteiger charge is 2.13. The third kappa shape index (κ3) is 1.90. The van der Waals surface area contributed by atoms with Crippen LogP contribution in [0.4, 0.5) is 5.69 Å². The summed E-state index contributed by atoms with van der Waals surface area (Å²) in [4.78, 5) is 24.8. The van der Waals surface area contributed by atoms with Crippen molar-refractivity contribution in [2.45, 2.75) is 6.54 Å². The number of aromatic amines is 1. The van der Waals surface area contributed by atoms with Gasteiger partial charge in [0.05, 0.1) is 28.8 Å². The van der Waals surface area contributed by atoms with Gasteiger partial charge in [-0.25, -0.2) is 4.79 Å². The summed E-state index contributed by atoms with van der Waals surface area (Å²) in [5.74, 6) is 0.606. The fourth-order valence-electron chi connectivity index (χ4n) is 1.97. The monoisotopic (exact) mass is 259 g/mol. The van der Waals surface area contributed by atoms with Gasteiger partial charge >= 0.3 is 5.69 Å². The van der Waals surface area contributed by atoms with Gasteiger partial charge in [0.15, 0.2) is 0 Å². The van der Waals surface area contributed by atoms with E-state index in [1.165, 1.54) is 29.0 Å². The van der Waals surface area contributed by atoms with Crippen molar-refractivity contribution in [2.24, 2.45) is 0 Å². The zero-order valence-corrected chi connectivity index (χ0v) is 9.70. The van der Waals surface area contributed by atoms with E-state index >= 15 is 0 Å². The first kappa shape index (κ1) is 11.3. The summed E-state index contributed by atoms with van der Waals surface area (Å²) in [6.07, 6.45) is 1.51. The van der Waals surface area contributed by atoms with E-state index in [0.717, 1.165) is 0 Å². The van der Waals surface area contributed by atoms with E-state index in [2.05, 4.69) is 4.98 Å². The van der Waals surface area contributed by atoms with E-state index in [4.69, 9.17) is 4.42 Å². The zero-order chi connectivity index (χ0) is 13.4. The van der Waals surface area contributed by atoms with E-state index in [9.17, 15) is 14.9 Å². The molecule has 7 nitrogen and oxygen atoms in total. The second-order valence-corrected chi connectivity index (χ2v) is 4.05. The van der Waals surface area contributed by atoms with Crippen molar-refractivity contribution in [3.05, 3.63) is 63.0 Å². The molecule has 7 heteroatoms. The average molecular weight is 259 g/mol. The van der Waals surface area contributed by atoms with Crippen LogP contribution >= 0.6 is 0 Å². The third-order valence-corrected chi connectivity index (χ3v) is 2.86. The number of non-ortho nitro benzene ring substituents is 1. The average Bonchev–Trinajstić information content (AvgIpc) is 2.98. The van der Waals surface area contributed by atoms with Crippen LogP contribution in [0.15, 0.2) is 45.8 Å². The van der Waals surface area contributed by atoms with Crippen LogP contribution in [-0.4, -0.2) is 14.5 Å². The lowest BCUT2D eigenvalue weighted by Crippen LogP contribution is -2.17. The summed E-state index contributed by atoms with van der Waals surface area (Å²) >= 11 is 0. The quantitative estimate of drug-likeness (QED) is 0.574. The Kier molecular flexibility index (Phi) is 2.45. The SMILES string of the molecule is O=c1[nH]c2ccc([N+](=O)[O-])cc2n1Cc1ccco1. The highest BCUT2D eigenvalue weighted by atomic mass is 16.6. The number of H-pyrrole nitrogens is 1. The molecule has 2 aromatic heterocycles. The fourth-order valence-corrected chi connectivity index (χ4v) is 1.97. The minimum Gasteiger partial charge on any atom is -0.467 e. The second-order valence-electron chi connectivity index (χ2n) is 4.05. The topological polar surface area (TPSA) is 94.1 Å². The number of nitrogens with one attached hydrogen (secondary N) is 1. The molecule has 96 valence electrons. The van der Waals surface area contributed by atoms with Crippen molar-refractivity contribution in [1.29, 1.82) is 0 Å². The van der Waals surface area contributed by atoms with Crippen LogP contribution in [0.3, 0.4) is 0 Å². The van der Waals surface area contributed by atoms with Crippen molar-refractivity contribution in [3.63, 3.8) is 0 Å². The molecule has 1 aromatic carbocycles. The van der Waals surface area contributed by atoms with Gasteiger partial charge in [-0.1, -0.05) is 0 Å². The molecule has 3 aromatic rings. The van der Waals surface area contributed by atoms with E-state index in [-0.39, 0.29) is 17.9 Å². The van der Waals surface area contributed by atoms with Gasteiger partial charge in [-0.2, -0.15) is 0 Å².